The molecule has 3 aromatic rings. The van der Waals surface area contributed by atoms with Gasteiger partial charge >= 0.3 is 0 Å². The summed E-state index contributed by atoms with van der Waals surface area (Å²) in [7, 11) is 1.63. The number of nitrogens with zero attached hydrogens (tertiary/aromatic N) is 2. The number of aryl methyl sites for hydroxylation is 2. The number of aromatic nitrogens is 2. The summed E-state index contributed by atoms with van der Waals surface area (Å²) in [5, 5.41) is 6.58. The van der Waals surface area contributed by atoms with Gasteiger partial charge in [-0.15, -0.1) is 0 Å². The maximum Gasteiger partial charge on any atom is 0.229 e. The second kappa shape index (κ2) is 9.01. The number of hydrogen-bond acceptors (Lipinski definition) is 6. The van der Waals surface area contributed by atoms with Crippen LogP contribution in [0.1, 0.15) is 16.7 Å². The number of carbonyl (C=O) groups is 1. The standard InChI is InChI=1S/C23H24N4O2/c1-5-18(28)12-17-8-6-7-9-20(17)25-22-16(3)14-24-23(27-22)26-21-13-19(29-4)11-10-15(21)2/h5-11,13-14H,1,12H2,2-4H3,(H2,24,25,26,27). The minimum absolute atomic E-state index is 0.0329. The van der Waals surface area contributed by atoms with E-state index in [0.29, 0.717) is 11.8 Å². The van der Waals surface area contributed by atoms with Crippen LogP contribution < -0.4 is 15.4 Å². The fourth-order valence-corrected chi connectivity index (χ4v) is 2.80. The van der Waals surface area contributed by atoms with E-state index < -0.39 is 0 Å². The van der Waals surface area contributed by atoms with Crippen molar-refractivity contribution in [1.29, 1.82) is 0 Å². The zero-order valence-corrected chi connectivity index (χ0v) is 16.8. The molecule has 6 nitrogen and oxygen atoms in total. The molecule has 2 aromatic carbocycles. The second-order valence-electron chi connectivity index (χ2n) is 6.66. The van der Waals surface area contributed by atoms with Gasteiger partial charge in [0.1, 0.15) is 11.6 Å². The van der Waals surface area contributed by atoms with Gasteiger partial charge in [-0.25, -0.2) is 4.98 Å². The Kier molecular flexibility index (Phi) is 6.24. The third-order valence-corrected chi connectivity index (χ3v) is 4.53. The van der Waals surface area contributed by atoms with Gasteiger partial charge in [-0.2, -0.15) is 4.98 Å². The Morgan fingerprint density at radius 2 is 1.90 bits per heavy atom. The predicted octanol–water partition coefficient (Wildman–Crippen LogP) is 4.89. The van der Waals surface area contributed by atoms with Crippen LogP contribution in [0.3, 0.4) is 0 Å². The molecule has 1 aromatic heterocycles. The number of hydrogen-bond donors (Lipinski definition) is 2. The quantitative estimate of drug-likeness (QED) is 0.535. The molecule has 0 amide bonds. The van der Waals surface area contributed by atoms with Crippen LogP contribution in [-0.2, 0) is 11.2 Å². The van der Waals surface area contributed by atoms with Gasteiger partial charge in [-0.05, 0) is 43.2 Å². The number of ether oxygens (including phenoxy) is 1. The molecule has 0 atom stereocenters. The summed E-state index contributed by atoms with van der Waals surface area (Å²) in [6.45, 7) is 7.48. The van der Waals surface area contributed by atoms with E-state index >= 15 is 0 Å². The van der Waals surface area contributed by atoms with Crippen molar-refractivity contribution in [3.8, 4) is 5.75 Å². The first-order valence-corrected chi connectivity index (χ1v) is 9.25. The maximum absolute atomic E-state index is 11.8. The van der Waals surface area contributed by atoms with Gasteiger partial charge in [0.15, 0.2) is 5.78 Å². The van der Waals surface area contributed by atoms with E-state index in [1.54, 1.807) is 13.3 Å². The summed E-state index contributed by atoms with van der Waals surface area (Å²) >= 11 is 0. The molecule has 0 bridgehead atoms. The maximum atomic E-state index is 11.8. The minimum atomic E-state index is -0.0329. The first-order chi connectivity index (χ1) is 14.0. The first-order valence-electron chi connectivity index (χ1n) is 9.25. The summed E-state index contributed by atoms with van der Waals surface area (Å²) in [5.74, 6) is 1.86. The highest BCUT2D eigenvalue weighted by molar-refractivity contribution is 5.92. The lowest BCUT2D eigenvalue weighted by Gasteiger charge is -2.14. The van der Waals surface area contributed by atoms with Crippen molar-refractivity contribution in [3.63, 3.8) is 0 Å². The van der Waals surface area contributed by atoms with Gasteiger partial charge in [-0.1, -0.05) is 30.8 Å². The summed E-state index contributed by atoms with van der Waals surface area (Å²) in [6.07, 6.45) is 3.38. The number of nitrogens with one attached hydrogen (secondary N) is 2. The molecule has 29 heavy (non-hydrogen) atoms. The Labute approximate surface area is 170 Å². The number of ketones is 1. The predicted molar refractivity (Wildman–Crippen MR) is 116 cm³/mol. The van der Waals surface area contributed by atoms with Crippen LogP contribution >= 0.6 is 0 Å². The molecule has 2 N–H and O–H groups in total. The molecule has 0 fully saturated rings. The van der Waals surface area contributed by atoms with Crippen molar-refractivity contribution in [2.45, 2.75) is 20.3 Å². The number of allylic oxidation sites excluding steroid dienone is 1. The third kappa shape index (κ3) is 4.99. The Hall–Kier alpha value is -3.67. The van der Waals surface area contributed by atoms with E-state index in [1.807, 2.05) is 56.3 Å². The summed E-state index contributed by atoms with van der Waals surface area (Å²) in [5.41, 5.74) is 4.53. The highest BCUT2D eigenvalue weighted by Gasteiger charge is 2.10. The van der Waals surface area contributed by atoms with Crippen molar-refractivity contribution in [2.75, 3.05) is 17.7 Å². The summed E-state index contributed by atoms with van der Waals surface area (Å²) < 4.78 is 5.30. The van der Waals surface area contributed by atoms with Crippen LogP contribution in [0.15, 0.2) is 61.3 Å². The van der Waals surface area contributed by atoms with E-state index in [4.69, 9.17) is 4.74 Å². The van der Waals surface area contributed by atoms with E-state index in [1.165, 1.54) is 6.08 Å². The normalized spacial score (nSPS) is 10.3. The number of para-hydroxylation sites is 1. The van der Waals surface area contributed by atoms with Gasteiger partial charge in [0.2, 0.25) is 5.95 Å². The summed E-state index contributed by atoms with van der Waals surface area (Å²) in [6, 6.07) is 13.4. The number of carbonyl (C=O) groups excluding carboxylic acids is 1. The van der Waals surface area contributed by atoms with E-state index in [0.717, 1.165) is 33.8 Å². The van der Waals surface area contributed by atoms with Crippen LogP contribution in [0, 0.1) is 13.8 Å². The average Bonchev–Trinajstić information content (AvgIpc) is 2.73. The average molecular weight is 388 g/mol. The topological polar surface area (TPSA) is 76.1 Å². The molecule has 0 radical (unpaired) electrons. The van der Waals surface area contributed by atoms with Crippen LogP contribution in [0.5, 0.6) is 5.75 Å². The molecule has 0 unspecified atom stereocenters. The molecule has 0 aliphatic heterocycles. The highest BCUT2D eigenvalue weighted by Crippen LogP contribution is 2.26. The lowest BCUT2D eigenvalue weighted by Crippen LogP contribution is -2.06. The number of methoxy groups -OCH3 is 1. The van der Waals surface area contributed by atoms with Gasteiger partial charge < -0.3 is 15.4 Å². The number of anilines is 4. The molecule has 6 heteroatoms. The van der Waals surface area contributed by atoms with Crippen LogP contribution in [0.4, 0.5) is 23.1 Å². The molecule has 0 aliphatic carbocycles. The van der Waals surface area contributed by atoms with Gasteiger partial charge in [0, 0.05) is 35.6 Å². The van der Waals surface area contributed by atoms with Crippen molar-refractivity contribution in [3.05, 3.63) is 78.0 Å². The lowest BCUT2D eigenvalue weighted by molar-refractivity contribution is -0.114. The smallest absolute Gasteiger partial charge is 0.229 e. The fourth-order valence-electron chi connectivity index (χ4n) is 2.80. The second-order valence-corrected chi connectivity index (χ2v) is 6.66. The van der Waals surface area contributed by atoms with Crippen LogP contribution in [-0.4, -0.2) is 22.9 Å². The molecule has 148 valence electrons. The molecule has 0 saturated carbocycles. The van der Waals surface area contributed by atoms with Gasteiger partial charge in [-0.3, -0.25) is 4.79 Å². The number of rotatable bonds is 8. The zero-order chi connectivity index (χ0) is 20.8. The van der Waals surface area contributed by atoms with E-state index in [2.05, 4.69) is 27.2 Å². The van der Waals surface area contributed by atoms with E-state index in [-0.39, 0.29) is 12.2 Å². The minimum Gasteiger partial charge on any atom is -0.497 e. The molecule has 0 aliphatic rings. The number of benzene rings is 2. The largest absolute Gasteiger partial charge is 0.497 e. The first kappa shape index (κ1) is 20.1. The molecular formula is C23H24N4O2. The van der Waals surface area contributed by atoms with Crippen molar-refractivity contribution in [1.82, 2.24) is 9.97 Å². The van der Waals surface area contributed by atoms with Gasteiger partial charge in [0.25, 0.3) is 0 Å². The Bertz CT molecular complexity index is 1050. The van der Waals surface area contributed by atoms with Crippen LogP contribution in [0.2, 0.25) is 0 Å². The lowest BCUT2D eigenvalue weighted by atomic mass is 10.1. The van der Waals surface area contributed by atoms with Gasteiger partial charge in [0.05, 0.1) is 7.11 Å². The van der Waals surface area contributed by atoms with Crippen molar-refractivity contribution < 1.29 is 9.53 Å². The third-order valence-electron chi connectivity index (χ3n) is 4.53. The highest BCUT2D eigenvalue weighted by atomic mass is 16.5. The summed E-state index contributed by atoms with van der Waals surface area (Å²) in [4.78, 5) is 20.8. The molecule has 0 spiro atoms. The van der Waals surface area contributed by atoms with Crippen molar-refractivity contribution >= 4 is 28.9 Å². The Morgan fingerprint density at radius 3 is 2.66 bits per heavy atom. The molecule has 3 rings (SSSR count). The van der Waals surface area contributed by atoms with Crippen LogP contribution in [0.25, 0.3) is 0 Å². The Morgan fingerprint density at radius 1 is 1.10 bits per heavy atom. The molecular weight excluding hydrogens is 364 g/mol. The Balaban J connectivity index is 1.87. The van der Waals surface area contributed by atoms with Crippen molar-refractivity contribution in [2.24, 2.45) is 0 Å². The molecule has 1 heterocycles. The fraction of sp³-hybridized carbons (Fsp3) is 0.174. The zero-order valence-electron chi connectivity index (χ0n) is 16.8. The molecule has 0 saturated heterocycles. The monoisotopic (exact) mass is 388 g/mol. The van der Waals surface area contributed by atoms with E-state index in [9.17, 15) is 4.79 Å². The SMILES string of the molecule is C=CC(=O)Cc1ccccc1Nc1nc(Nc2cc(OC)ccc2C)ncc1C.